The highest BCUT2D eigenvalue weighted by Crippen LogP contribution is 2.31. The second-order valence-corrected chi connectivity index (χ2v) is 6.80. The van der Waals surface area contributed by atoms with Gasteiger partial charge in [-0.25, -0.2) is 4.98 Å². The predicted octanol–water partition coefficient (Wildman–Crippen LogP) is 3.62. The number of nitrogens with zero attached hydrogens (tertiary/aromatic N) is 2. The Labute approximate surface area is 156 Å². The van der Waals surface area contributed by atoms with Crippen LogP contribution < -0.4 is 15.4 Å². The van der Waals surface area contributed by atoms with E-state index in [1.165, 1.54) is 6.07 Å². The van der Waals surface area contributed by atoms with Gasteiger partial charge in [0, 0.05) is 35.4 Å². The number of carbonyl (C=O) groups excluding carboxylic acids is 1. The van der Waals surface area contributed by atoms with Crippen LogP contribution in [-0.4, -0.2) is 30.1 Å². The summed E-state index contributed by atoms with van der Waals surface area (Å²) in [6.07, 6.45) is -3.27. The van der Waals surface area contributed by atoms with E-state index in [-0.39, 0.29) is 12.0 Å². The fourth-order valence-corrected chi connectivity index (χ4v) is 3.17. The molecule has 2 aromatic rings. The van der Waals surface area contributed by atoms with Crippen molar-refractivity contribution in [2.75, 3.05) is 18.0 Å². The topological polar surface area (TPSA) is 68.5 Å². The van der Waals surface area contributed by atoms with Gasteiger partial charge in [-0.3, -0.25) is 4.79 Å². The van der Waals surface area contributed by atoms with E-state index in [2.05, 4.69) is 20.9 Å². The van der Waals surface area contributed by atoms with Crippen LogP contribution in [-0.2, 0) is 6.18 Å². The Bertz CT molecular complexity index is 812. The number of rotatable bonds is 4. The molecule has 26 heavy (non-hydrogen) atoms. The lowest BCUT2D eigenvalue weighted by atomic mass is 10.1. The number of aromatic nitrogens is 1. The van der Waals surface area contributed by atoms with Crippen molar-refractivity contribution in [3.8, 4) is 5.88 Å². The fraction of sp³-hybridized carbons (Fsp3) is 0.294. The lowest BCUT2D eigenvalue weighted by Crippen LogP contribution is -2.27. The molecule has 1 aromatic carbocycles. The zero-order valence-corrected chi connectivity index (χ0v) is 15.0. The molecule has 0 unspecified atom stereocenters. The number of hydrogen-bond acceptors (Lipinski definition) is 4. The number of halogens is 4. The molecular weight excluding hydrogens is 415 g/mol. The zero-order valence-electron chi connectivity index (χ0n) is 13.5. The molecule has 2 heterocycles. The summed E-state index contributed by atoms with van der Waals surface area (Å²) in [7, 11) is 0. The monoisotopic (exact) mass is 429 g/mol. The average molecular weight is 430 g/mol. The van der Waals surface area contributed by atoms with Gasteiger partial charge in [0.1, 0.15) is 6.10 Å². The normalized spacial score (nSPS) is 17.4. The van der Waals surface area contributed by atoms with Crippen LogP contribution in [0.25, 0.3) is 0 Å². The minimum atomic E-state index is -4.43. The van der Waals surface area contributed by atoms with Crippen molar-refractivity contribution >= 4 is 27.5 Å². The van der Waals surface area contributed by atoms with Crippen molar-refractivity contribution in [1.82, 2.24) is 4.98 Å². The molecule has 1 amide bonds. The van der Waals surface area contributed by atoms with E-state index in [1.54, 1.807) is 12.1 Å². The van der Waals surface area contributed by atoms with E-state index in [1.807, 2.05) is 11.0 Å². The number of anilines is 1. The van der Waals surface area contributed by atoms with Gasteiger partial charge in [-0.2, -0.15) is 13.2 Å². The number of primary amides is 1. The van der Waals surface area contributed by atoms with Gasteiger partial charge in [-0.1, -0.05) is 15.9 Å². The summed E-state index contributed by atoms with van der Waals surface area (Å²) >= 11 is 3.31. The molecule has 0 radical (unpaired) electrons. The minimum Gasteiger partial charge on any atom is -0.472 e. The Kier molecular flexibility index (Phi) is 5.08. The third-order valence-corrected chi connectivity index (χ3v) is 4.55. The largest absolute Gasteiger partial charge is 0.472 e. The maximum atomic E-state index is 12.6. The third kappa shape index (κ3) is 4.09. The Morgan fingerprint density at radius 1 is 1.31 bits per heavy atom. The van der Waals surface area contributed by atoms with Crippen LogP contribution in [0.15, 0.2) is 41.0 Å². The molecule has 1 saturated heterocycles. The maximum absolute atomic E-state index is 12.6. The van der Waals surface area contributed by atoms with Gasteiger partial charge in [0.15, 0.2) is 0 Å². The van der Waals surface area contributed by atoms with Crippen molar-refractivity contribution in [3.63, 3.8) is 0 Å². The molecule has 5 nitrogen and oxygen atoms in total. The second-order valence-electron chi connectivity index (χ2n) is 5.88. The van der Waals surface area contributed by atoms with Crippen molar-refractivity contribution in [1.29, 1.82) is 0 Å². The Hall–Kier alpha value is -2.29. The first-order chi connectivity index (χ1) is 12.2. The fourth-order valence-electron chi connectivity index (χ4n) is 2.81. The number of pyridine rings is 1. The lowest BCUT2D eigenvalue weighted by molar-refractivity contribution is -0.137. The van der Waals surface area contributed by atoms with Crippen molar-refractivity contribution in [3.05, 3.63) is 52.1 Å². The highest BCUT2D eigenvalue weighted by atomic mass is 79.9. The number of nitrogens with two attached hydrogens (primary N) is 1. The summed E-state index contributed by atoms with van der Waals surface area (Å²) in [6, 6.07) is 7.41. The standard InChI is InChI=1S/C17H15BrF3N3O2/c18-11-2-3-14(13(7-11)16(22)25)24-6-5-12(9-24)26-15-4-1-10(8-23-15)17(19,20)21/h1-4,7-8,12H,5-6,9H2,(H2,22,25)/t12-/m1/s1. The number of carbonyl (C=O) groups is 1. The highest BCUT2D eigenvalue weighted by molar-refractivity contribution is 9.10. The molecule has 1 aliphatic heterocycles. The molecule has 0 saturated carbocycles. The van der Waals surface area contributed by atoms with Gasteiger partial charge in [0.05, 0.1) is 17.7 Å². The van der Waals surface area contributed by atoms with Gasteiger partial charge in [-0.05, 0) is 24.3 Å². The van der Waals surface area contributed by atoms with Crippen LogP contribution in [0.1, 0.15) is 22.3 Å². The summed E-state index contributed by atoms with van der Waals surface area (Å²) in [5, 5.41) is 0. The predicted molar refractivity (Wildman–Crippen MR) is 93.1 cm³/mol. The molecular formula is C17H15BrF3N3O2. The van der Waals surface area contributed by atoms with Crippen molar-refractivity contribution in [2.45, 2.75) is 18.7 Å². The van der Waals surface area contributed by atoms with Crippen LogP contribution >= 0.6 is 15.9 Å². The van der Waals surface area contributed by atoms with E-state index < -0.39 is 17.6 Å². The quantitative estimate of drug-likeness (QED) is 0.805. The Morgan fingerprint density at radius 3 is 2.69 bits per heavy atom. The van der Waals surface area contributed by atoms with Crippen LogP contribution in [0.2, 0.25) is 0 Å². The van der Waals surface area contributed by atoms with E-state index in [0.29, 0.717) is 30.8 Å². The summed E-state index contributed by atoms with van der Waals surface area (Å²) in [5.41, 5.74) is 5.72. The van der Waals surface area contributed by atoms with Gasteiger partial charge in [-0.15, -0.1) is 0 Å². The summed E-state index contributed by atoms with van der Waals surface area (Å²) in [5.74, 6) is -0.397. The van der Waals surface area contributed by atoms with Crippen LogP contribution in [0, 0.1) is 0 Å². The molecule has 0 aliphatic carbocycles. The second kappa shape index (κ2) is 7.14. The van der Waals surface area contributed by atoms with Gasteiger partial charge < -0.3 is 15.4 Å². The van der Waals surface area contributed by atoms with Crippen LogP contribution in [0.3, 0.4) is 0 Å². The van der Waals surface area contributed by atoms with Gasteiger partial charge in [0.2, 0.25) is 5.88 Å². The van der Waals surface area contributed by atoms with E-state index in [0.717, 1.165) is 16.7 Å². The zero-order chi connectivity index (χ0) is 18.9. The van der Waals surface area contributed by atoms with E-state index in [4.69, 9.17) is 10.5 Å². The molecule has 1 atom stereocenters. The molecule has 3 rings (SSSR count). The summed E-state index contributed by atoms with van der Waals surface area (Å²) in [4.78, 5) is 17.3. The molecule has 2 N–H and O–H groups in total. The molecule has 0 spiro atoms. The first-order valence-corrected chi connectivity index (χ1v) is 8.57. The van der Waals surface area contributed by atoms with Gasteiger partial charge in [0.25, 0.3) is 5.91 Å². The Morgan fingerprint density at radius 2 is 2.08 bits per heavy atom. The maximum Gasteiger partial charge on any atom is 0.417 e. The number of amides is 1. The summed E-state index contributed by atoms with van der Waals surface area (Å²) < 4.78 is 44.1. The lowest BCUT2D eigenvalue weighted by Gasteiger charge is -2.21. The van der Waals surface area contributed by atoms with E-state index in [9.17, 15) is 18.0 Å². The van der Waals surface area contributed by atoms with Gasteiger partial charge >= 0.3 is 6.18 Å². The average Bonchev–Trinajstić information content (AvgIpc) is 3.02. The van der Waals surface area contributed by atoms with Crippen molar-refractivity contribution in [2.24, 2.45) is 5.73 Å². The number of ether oxygens (including phenoxy) is 1. The smallest absolute Gasteiger partial charge is 0.417 e. The number of alkyl halides is 3. The van der Waals surface area contributed by atoms with Crippen LogP contribution in [0.5, 0.6) is 5.88 Å². The first-order valence-electron chi connectivity index (χ1n) is 7.78. The minimum absolute atomic E-state index is 0.135. The molecule has 9 heteroatoms. The van der Waals surface area contributed by atoms with Crippen molar-refractivity contribution < 1.29 is 22.7 Å². The molecule has 1 aromatic heterocycles. The molecule has 138 valence electrons. The van der Waals surface area contributed by atoms with E-state index >= 15 is 0 Å². The third-order valence-electron chi connectivity index (χ3n) is 4.06. The molecule has 0 bridgehead atoms. The Balaban J connectivity index is 1.69. The first kappa shape index (κ1) is 18.5. The number of benzene rings is 1. The van der Waals surface area contributed by atoms with Crippen LogP contribution in [0.4, 0.5) is 18.9 Å². The SMILES string of the molecule is NC(=O)c1cc(Br)ccc1N1CC[C@@H](Oc2ccc(C(F)(F)F)cn2)C1. The molecule has 1 fully saturated rings. The number of hydrogen-bond donors (Lipinski definition) is 1. The molecule has 1 aliphatic rings. The highest BCUT2D eigenvalue weighted by Gasteiger charge is 2.31. The summed E-state index contributed by atoms with van der Waals surface area (Å²) in [6.45, 7) is 1.11.